The first-order chi connectivity index (χ1) is 18.3. The van der Waals surface area contributed by atoms with Gasteiger partial charge >= 0.3 is 39.3 Å². The quantitative estimate of drug-likeness (QED) is 0.193. The van der Waals surface area contributed by atoms with E-state index in [4.69, 9.17) is 9.98 Å². The summed E-state index contributed by atoms with van der Waals surface area (Å²) in [6.45, 7) is 8.98. The molecule has 0 saturated heterocycles. The summed E-state index contributed by atoms with van der Waals surface area (Å²) in [5, 5.41) is 2.47. The third-order valence-electron chi connectivity index (χ3n) is 6.81. The molecule has 4 aromatic carbocycles. The van der Waals surface area contributed by atoms with Gasteiger partial charge in [-0.3, -0.25) is 0 Å². The molecule has 38 heavy (non-hydrogen) atoms. The van der Waals surface area contributed by atoms with Crippen LogP contribution >= 0.6 is 28.5 Å². The van der Waals surface area contributed by atoms with Gasteiger partial charge in [0.1, 0.15) is 0 Å². The molecule has 3 nitrogen and oxygen atoms in total. The average Bonchev–Trinajstić information content (AvgIpc) is 3.18. The number of nitrogens with zero attached hydrogens (tertiary/aromatic N) is 3. The van der Waals surface area contributed by atoms with Gasteiger partial charge in [-0.2, -0.15) is 0 Å². The minimum absolute atomic E-state index is 0.381. The van der Waals surface area contributed by atoms with Gasteiger partial charge < -0.3 is 4.90 Å². The van der Waals surface area contributed by atoms with E-state index in [2.05, 4.69) is 154 Å². The Morgan fingerprint density at radius 1 is 0.658 bits per heavy atom. The van der Waals surface area contributed by atoms with Crippen molar-refractivity contribution in [2.45, 2.75) is 39.5 Å². The van der Waals surface area contributed by atoms with E-state index in [9.17, 15) is 0 Å². The number of aliphatic imine (C=N–C) groups is 2. The van der Waals surface area contributed by atoms with Crippen molar-refractivity contribution >= 4 is 67.7 Å². The van der Waals surface area contributed by atoms with Gasteiger partial charge in [0.2, 0.25) is 0 Å². The van der Waals surface area contributed by atoms with Crippen molar-refractivity contribution in [2.24, 2.45) is 9.98 Å². The van der Waals surface area contributed by atoms with E-state index < -0.39 is 0 Å². The third-order valence-corrected chi connectivity index (χ3v) is 6.81. The van der Waals surface area contributed by atoms with Crippen LogP contribution in [0.15, 0.2) is 88.8 Å². The zero-order valence-corrected chi connectivity index (χ0v) is 26.7. The summed E-state index contributed by atoms with van der Waals surface area (Å²) in [5.74, 6) is 0.762. The predicted octanol–water partition coefficient (Wildman–Crippen LogP) is 10.1. The second-order valence-electron chi connectivity index (χ2n) is 10.2. The van der Waals surface area contributed by atoms with Crippen molar-refractivity contribution in [1.82, 2.24) is 0 Å². The molecule has 0 spiro atoms. The molecule has 4 aromatic rings. The van der Waals surface area contributed by atoms with Crippen LogP contribution in [-0.4, -0.2) is 25.5 Å². The van der Waals surface area contributed by atoms with Crippen molar-refractivity contribution < 1.29 is 10.9 Å². The minimum atomic E-state index is 0.381. The number of benzene rings is 4. The Bertz CT molecular complexity index is 1460. The van der Waals surface area contributed by atoms with Crippen LogP contribution in [0.2, 0.25) is 0 Å². The molecule has 0 N–H and O–H groups in total. The van der Waals surface area contributed by atoms with E-state index in [0.717, 1.165) is 39.6 Å². The standard InChI is InChI=1S/C32H33N3.2BrH.Ni/c1-20(2)25-12-9-13-26(21(3)4)30(25)34-32-28-15-8-11-22-10-7-14-27(29(22)28)31(32)33-23-16-18-24(19-17-23)35(5)6;;;/h7-21H,1-6H3;2*1H;/q;;;+2/p-2. The molecule has 0 amide bonds. The van der Waals surface area contributed by atoms with Gasteiger partial charge in [0.05, 0.1) is 22.8 Å². The number of rotatable bonds is 5. The van der Waals surface area contributed by atoms with Crippen molar-refractivity contribution in [3.63, 3.8) is 0 Å². The molecule has 0 unspecified atom stereocenters. The van der Waals surface area contributed by atoms with E-state index in [0.29, 0.717) is 11.8 Å². The van der Waals surface area contributed by atoms with Crippen molar-refractivity contribution in [1.29, 1.82) is 0 Å². The Labute approximate surface area is 246 Å². The van der Waals surface area contributed by atoms with Crippen molar-refractivity contribution in [3.05, 3.63) is 101 Å². The van der Waals surface area contributed by atoms with Gasteiger partial charge in [-0.25, -0.2) is 9.98 Å². The Kier molecular flexibility index (Phi) is 9.62. The third kappa shape index (κ3) is 5.98. The molecule has 0 radical (unpaired) electrons. The van der Waals surface area contributed by atoms with Crippen LogP contribution in [0.1, 0.15) is 61.8 Å². The summed E-state index contributed by atoms with van der Waals surface area (Å²) in [6.07, 6.45) is 0. The second kappa shape index (κ2) is 12.7. The number of para-hydroxylation sites is 1. The summed E-state index contributed by atoms with van der Waals surface area (Å²) < 4.78 is 0. The summed E-state index contributed by atoms with van der Waals surface area (Å²) in [4.78, 5) is 12.7. The molecule has 0 atom stereocenters. The zero-order valence-electron chi connectivity index (χ0n) is 22.6. The Morgan fingerprint density at radius 2 is 1.13 bits per heavy atom. The Balaban J connectivity index is 0.00000107. The van der Waals surface area contributed by atoms with E-state index in [1.54, 1.807) is 0 Å². The molecular weight excluding hydrogens is 645 g/mol. The molecular formula is C32H33Br2N3Ni. The molecule has 6 heteroatoms. The van der Waals surface area contributed by atoms with Gasteiger partial charge in [0.25, 0.3) is 0 Å². The molecule has 5 rings (SSSR count). The van der Waals surface area contributed by atoms with Crippen molar-refractivity contribution in [3.8, 4) is 0 Å². The summed E-state index contributed by atoms with van der Waals surface area (Å²) >= 11 is 6.00. The van der Waals surface area contributed by atoms with Crippen LogP contribution in [0.4, 0.5) is 17.1 Å². The van der Waals surface area contributed by atoms with Crippen LogP contribution < -0.4 is 4.90 Å². The molecule has 1 aliphatic rings. The fourth-order valence-corrected chi connectivity index (χ4v) is 4.92. The number of anilines is 1. The monoisotopic (exact) mass is 675 g/mol. The van der Waals surface area contributed by atoms with Gasteiger partial charge in [-0.1, -0.05) is 82.3 Å². The number of halogens is 2. The van der Waals surface area contributed by atoms with Gasteiger partial charge in [-0.05, 0) is 52.6 Å². The molecule has 0 saturated carbocycles. The maximum absolute atomic E-state index is 5.44. The molecule has 0 fully saturated rings. The molecule has 0 heterocycles. The normalized spacial score (nSPS) is 14.6. The van der Waals surface area contributed by atoms with E-state index >= 15 is 0 Å². The van der Waals surface area contributed by atoms with Crippen LogP contribution in [0, 0.1) is 0 Å². The van der Waals surface area contributed by atoms with Crippen LogP contribution in [0.5, 0.6) is 0 Å². The maximum atomic E-state index is 5.44. The Hall–Kier alpha value is -2.27. The summed E-state index contributed by atoms with van der Waals surface area (Å²) in [7, 11) is 5.36. The fourth-order valence-electron chi connectivity index (χ4n) is 4.92. The van der Waals surface area contributed by atoms with Gasteiger partial charge in [0, 0.05) is 36.3 Å². The first-order valence-electron chi connectivity index (χ1n) is 12.7. The Morgan fingerprint density at radius 3 is 1.61 bits per heavy atom. The molecule has 0 bridgehead atoms. The molecule has 1 aliphatic carbocycles. The van der Waals surface area contributed by atoms with Gasteiger partial charge in [-0.15, -0.1) is 0 Å². The fraction of sp³-hybridized carbons (Fsp3) is 0.250. The van der Waals surface area contributed by atoms with E-state index in [-0.39, 0.29) is 0 Å². The molecule has 0 aliphatic heterocycles. The van der Waals surface area contributed by atoms with Gasteiger partial charge in [0.15, 0.2) is 0 Å². The first kappa shape index (κ1) is 28.7. The predicted molar refractivity (Wildman–Crippen MR) is 170 cm³/mol. The molecule has 0 aromatic heterocycles. The van der Waals surface area contributed by atoms with Crippen LogP contribution in [-0.2, 0) is 10.9 Å². The van der Waals surface area contributed by atoms with Crippen LogP contribution in [0.3, 0.4) is 0 Å². The zero-order chi connectivity index (χ0) is 27.4. The molecule has 200 valence electrons. The van der Waals surface area contributed by atoms with Crippen LogP contribution in [0.25, 0.3) is 10.8 Å². The summed E-state index contributed by atoms with van der Waals surface area (Å²) in [6, 6.07) is 28.0. The topological polar surface area (TPSA) is 28.0 Å². The van der Waals surface area contributed by atoms with E-state index in [1.165, 1.54) is 32.8 Å². The second-order valence-corrected chi connectivity index (χ2v) is 15.2. The average molecular weight is 678 g/mol. The number of hydrogen-bond acceptors (Lipinski definition) is 3. The van der Waals surface area contributed by atoms with Crippen molar-refractivity contribution in [2.75, 3.05) is 19.0 Å². The van der Waals surface area contributed by atoms with E-state index in [1.807, 2.05) is 0 Å². The first-order valence-corrected chi connectivity index (χ1v) is 17.6. The summed E-state index contributed by atoms with van der Waals surface area (Å²) in [5.41, 5.74) is 9.97. The number of hydrogen-bond donors (Lipinski definition) is 0. The SMILES string of the molecule is CC(C)c1cccc(C(C)C)c1N=C1C(=Nc2ccc(N(C)C)cc2)c2cccc3cccc1c23.[Br][Ni][Br].